The fraction of sp³-hybridized carbons (Fsp3) is 0.167. The number of nitrogens with two attached hydrogens (primary N) is 1. The molecule has 0 spiro atoms. The molecule has 36 heavy (non-hydrogen) atoms. The average Bonchev–Trinajstić information content (AvgIpc) is 2.89. The minimum absolute atomic E-state index is 0.0457. The summed E-state index contributed by atoms with van der Waals surface area (Å²) in [6.07, 6.45) is 0.970. The fourth-order valence-corrected chi connectivity index (χ4v) is 4.17. The number of amidine groups is 1. The number of hydrogen-bond donors (Lipinski definition) is 4. The van der Waals surface area contributed by atoms with E-state index in [0.717, 1.165) is 21.9 Å². The van der Waals surface area contributed by atoms with Gasteiger partial charge in [0.2, 0.25) is 11.8 Å². The zero-order valence-corrected chi connectivity index (χ0v) is 20.2. The third-order valence-corrected chi connectivity index (χ3v) is 6.29. The van der Waals surface area contributed by atoms with Crippen molar-refractivity contribution >= 4 is 34.1 Å². The summed E-state index contributed by atoms with van der Waals surface area (Å²) in [6, 6.07) is 30.4. The molecule has 0 bridgehead atoms. The first kappa shape index (κ1) is 24.7. The van der Waals surface area contributed by atoms with E-state index in [0.29, 0.717) is 24.1 Å². The molecule has 4 aromatic carbocycles. The lowest BCUT2D eigenvalue weighted by atomic mass is 9.96. The zero-order chi connectivity index (χ0) is 25.5. The molecule has 0 aliphatic rings. The van der Waals surface area contributed by atoms with Crippen LogP contribution in [0.5, 0.6) is 0 Å². The van der Waals surface area contributed by atoms with Crippen LogP contribution in [0.25, 0.3) is 10.8 Å². The number of rotatable bonds is 9. The van der Waals surface area contributed by atoms with Gasteiger partial charge in [0.15, 0.2) is 0 Å². The second-order valence-electron chi connectivity index (χ2n) is 8.89. The number of aryl methyl sites for hydroxylation is 1. The highest BCUT2D eigenvalue weighted by Crippen LogP contribution is 2.22. The van der Waals surface area contributed by atoms with E-state index in [1.165, 1.54) is 0 Å². The fourth-order valence-electron chi connectivity index (χ4n) is 4.17. The molecule has 0 aliphatic carbocycles. The van der Waals surface area contributed by atoms with Crippen LogP contribution in [0.1, 0.15) is 36.1 Å². The van der Waals surface area contributed by atoms with E-state index in [9.17, 15) is 9.59 Å². The van der Waals surface area contributed by atoms with E-state index in [1.807, 2.05) is 67.6 Å². The highest BCUT2D eigenvalue weighted by Gasteiger charge is 2.28. The molecule has 2 amide bonds. The van der Waals surface area contributed by atoms with E-state index in [2.05, 4.69) is 22.8 Å². The summed E-state index contributed by atoms with van der Waals surface area (Å²) >= 11 is 0. The lowest BCUT2D eigenvalue weighted by Gasteiger charge is -2.21. The van der Waals surface area contributed by atoms with Gasteiger partial charge >= 0.3 is 0 Å². The molecule has 0 fully saturated rings. The number of hydrogen-bond acceptors (Lipinski definition) is 3. The molecule has 6 nitrogen and oxygen atoms in total. The molecule has 0 saturated heterocycles. The third kappa shape index (κ3) is 6.16. The first-order valence-corrected chi connectivity index (χ1v) is 12.0. The zero-order valence-electron chi connectivity index (χ0n) is 20.2. The van der Waals surface area contributed by atoms with Gasteiger partial charge in [0.25, 0.3) is 0 Å². The van der Waals surface area contributed by atoms with Gasteiger partial charge in [0.1, 0.15) is 11.8 Å². The number of carbonyl (C=O) groups is 2. The molecule has 5 N–H and O–H groups in total. The van der Waals surface area contributed by atoms with Crippen molar-refractivity contribution < 1.29 is 9.59 Å². The minimum Gasteiger partial charge on any atom is -0.384 e. The van der Waals surface area contributed by atoms with Crippen molar-refractivity contribution in [3.05, 3.63) is 114 Å². The molecular weight excluding hydrogens is 448 g/mol. The van der Waals surface area contributed by atoms with Crippen LogP contribution in [-0.2, 0) is 16.0 Å². The van der Waals surface area contributed by atoms with Gasteiger partial charge in [-0.3, -0.25) is 15.0 Å². The van der Waals surface area contributed by atoms with Crippen LogP contribution in [0.15, 0.2) is 97.1 Å². The molecule has 4 rings (SSSR count). The van der Waals surface area contributed by atoms with Crippen LogP contribution in [0.2, 0.25) is 0 Å². The molecule has 0 heterocycles. The van der Waals surface area contributed by atoms with Crippen LogP contribution in [0.3, 0.4) is 0 Å². The van der Waals surface area contributed by atoms with E-state index in [4.69, 9.17) is 11.1 Å². The van der Waals surface area contributed by atoms with Gasteiger partial charge in [-0.1, -0.05) is 66.7 Å². The lowest BCUT2D eigenvalue weighted by molar-refractivity contribution is -0.133. The predicted octanol–water partition coefficient (Wildman–Crippen LogP) is 5.19. The Balaban J connectivity index is 1.50. The van der Waals surface area contributed by atoms with Gasteiger partial charge in [0.05, 0.1) is 6.04 Å². The molecule has 0 aliphatic heterocycles. The average molecular weight is 479 g/mol. The molecule has 6 heteroatoms. The Hall–Kier alpha value is -4.45. The Morgan fingerprint density at radius 2 is 1.50 bits per heavy atom. The SMILES string of the molecule is C[C@H](NC(=O)C(CCc1ccccc1)C(=O)Nc1ccc(C(=N)N)cc1)c1ccc2ccccc2c1. The number of benzene rings is 4. The summed E-state index contributed by atoms with van der Waals surface area (Å²) in [7, 11) is 0. The van der Waals surface area contributed by atoms with Gasteiger partial charge in [0, 0.05) is 11.3 Å². The number of amides is 2. The van der Waals surface area contributed by atoms with Crippen molar-refractivity contribution in [2.24, 2.45) is 11.7 Å². The summed E-state index contributed by atoms with van der Waals surface area (Å²) in [4.78, 5) is 26.6. The van der Waals surface area contributed by atoms with Crippen LogP contribution in [-0.4, -0.2) is 17.6 Å². The number of anilines is 1. The van der Waals surface area contributed by atoms with Crippen molar-refractivity contribution in [2.45, 2.75) is 25.8 Å². The van der Waals surface area contributed by atoms with Crippen LogP contribution < -0.4 is 16.4 Å². The van der Waals surface area contributed by atoms with Crippen LogP contribution >= 0.6 is 0 Å². The highest BCUT2D eigenvalue weighted by atomic mass is 16.2. The van der Waals surface area contributed by atoms with Gasteiger partial charge in [-0.05, 0) is 72.0 Å². The monoisotopic (exact) mass is 478 g/mol. The molecule has 4 aromatic rings. The summed E-state index contributed by atoms with van der Waals surface area (Å²) < 4.78 is 0. The standard InChI is InChI=1S/C30H30N4O2/c1-20(24-13-12-22-9-5-6-10-25(22)19-24)33-29(35)27(18-11-21-7-3-2-4-8-21)30(36)34-26-16-14-23(15-17-26)28(31)32/h2-10,12-17,19-20,27H,11,18H2,1H3,(H3,31,32)(H,33,35)(H,34,36)/t20-,27?/m0/s1. The van der Waals surface area contributed by atoms with E-state index >= 15 is 0 Å². The van der Waals surface area contributed by atoms with Gasteiger partial charge < -0.3 is 16.4 Å². The second-order valence-corrected chi connectivity index (χ2v) is 8.89. The van der Waals surface area contributed by atoms with Crippen LogP contribution in [0, 0.1) is 11.3 Å². The summed E-state index contributed by atoms with van der Waals surface area (Å²) in [5, 5.41) is 15.7. The number of nitrogens with one attached hydrogen (secondary N) is 3. The molecule has 0 saturated carbocycles. The number of fused-ring (bicyclic) bond motifs is 1. The third-order valence-electron chi connectivity index (χ3n) is 6.29. The second kappa shape index (κ2) is 11.3. The van der Waals surface area contributed by atoms with Crippen molar-refractivity contribution in [1.82, 2.24) is 5.32 Å². The first-order valence-electron chi connectivity index (χ1n) is 12.0. The van der Waals surface area contributed by atoms with Crippen molar-refractivity contribution in [3.63, 3.8) is 0 Å². The lowest BCUT2D eigenvalue weighted by Crippen LogP contribution is -2.39. The Bertz CT molecular complexity index is 1370. The Labute approximate surface area is 211 Å². The van der Waals surface area contributed by atoms with Gasteiger partial charge in [-0.15, -0.1) is 0 Å². The highest BCUT2D eigenvalue weighted by molar-refractivity contribution is 6.06. The van der Waals surface area contributed by atoms with Gasteiger partial charge in [-0.25, -0.2) is 0 Å². The summed E-state index contributed by atoms with van der Waals surface area (Å²) in [5.74, 6) is -1.61. The maximum absolute atomic E-state index is 13.4. The largest absolute Gasteiger partial charge is 0.384 e. The van der Waals surface area contributed by atoms with Crippen molar-refractivity contribution in [1.29, 1.82) is 5.41 Å². The quantitative estimate of drug-likeness (QED) is 0.151. The molecular formula is C30H30N4O2. The topological polar surface area (TPSA) is 108 Å². The first-order chi connectivity index (χ1) is 17.4. The molecule has 1 unspecified atom stereocenters. The van der Waals surface area contributed by atoms with Crippen molar-refractivity contribution in [2.75, 3.05) is 5.32 Å². The summed E-state index contributed by atoms with van der Waals surface area (Å²) in [6.45, 7) is 1.93. The molecule has 0 radical (unpaired) electrons. The van der Waals surface area contributed by atoms with E-state index in [1.54, 1.807) is 24.3 Å². The smallest absolute Gasteiger partial charge is 0.236 e. The predicted molar refractivity (Wildman–Crippen MR) is 145 cm³/mol. The number of carbonyl (C=O) groups excluding carboxylic acids is 2. The van der Waals surface area contributed by atoms with Crippen molar-refractivity contribution in [3.8, 4) is 0 Å². The van der Waals surface area contributed by atoms with Gasteiger partial charge in [-0.2, -0.15) is 0 Å². The molecule has 2 atom stereocenters. The molecule has 0 aromatic heterocycles. The molecule has 182 valence electrons. The van der Waals surface area contributed by atoms with E-state index in [-0.39, 0.29) is 23.7 Å². The minimum atomic E-state index is -0.874. The maximum atomic E-state index is 13.4. The van der Waals surface area contributed by atoms with Crippen LogP contribution in [0.4, 0.5) is 5.69 Å². The maximum Gasteiger partial charge on any atom is 0.236 e. The van der Waals surface area contributed by atoms with E-state index < -0.39 is 5.92 Å². The summed E-state index contributed by atoms with van der Waals surface area (Å²) in [5.41, 5.74) is 8.67. The normalized spacial score (nSPS) is 12.5. The Morgan fingerprint density at radius 1 is 0.833 bits per heavy atom. The Morgan fingerprint density at radius 3 is 2.19 bits per heavy atom. The Kier molecular flexibility index (Phi) is 7.75. The number of nitrogen functional groups attached to an aromatic ring is 1.